The third-order valence-corrected chi connectivity index (χ3v) is 3.38. The fourth-order valence-corrected chi connectivity index (χ4v) is 2.68. The maximum absolute atomic E-state index is 11.7. The Morgan fingerprint density at radius 3 is 3.20 bits per heavy atom. The zero-order valence-electron chi connectivity index (χ0n) is 8.75. The largest absolute Gasteiger partial charge is 0.328 e. The van der Waals surface area contributed by atoms with E-state index in [4.69, 9.17) is 5.73 Å². The molecule has 0 amide bonds. The summed E-state index contributed by atoms with van der Waals surface area (Å²) in [5.41, 5.74) is 7.51. The highest BCUT2D eigenvalue weighted by molar-refractivity contribution is 7.98. The number of fused-ring (bicyclic) bond motifs is 1. The van der Waals surface area contributed by atoms with Gasteiger partial charge in [-0.25, -0.2) is 4.98 Å². The van der Waals surface area contributed by atoms with E-state index in [0.29, 0.717) is 6.42 Å². The Morgan fingerprint density at radius 2 is 2.47 bits per heavy atom. The first-order valence-corrected chi connectivity index (χ1v) is 6.26. The summed E-state index contributed by atoms with van der Waals surface area (Å²) in [4.78, 5) is 19.0. The van der Waals surface area contributed by atoms with Crippen molar-refractivity contribution < 1.29 is 0 Å². The molecule has 2 heterocycles. The third kappa shape index (κ3) is 2.41. The molecule has 0 saturated carbocycles. The standard InChI is InChI=1S/C10H15N3OS/c1-6(11)4-9-12-8-2-3-15-5-7(8)10(14)13-9/h6H,2-5,11H2,1H3,(H,12,13,14). The molecule has 1 aliphatic heterocycles. The molecule has 0 saturated heterocycles. The fraction of sp³-hybridized carbons (Fsp3) is 0.600. The second-order valence-electron chi connectivity index (χ2n) is 3.92. The molecule has 15 heavy (non-hydrogen) atoms. The van der Waals surface area contributed by atoms with Crippen molar-refractivity contribution in [3.05, 3.63) is 27.4 Å². The summed E-state index contributed by atoms with van der Waals surface area (Å²) in [5, 5.41) is 0. The summed E-state index contributed by atoms with van der Waals surface area (Å²) in [6, 6.07) is 0.0316. The van der Waals surface area contributed by atoms with Crippen LogP contribution in [-0.2, 0) is 18.6 Å². The zero-order valence-corrected chi connectivity index (χ0v) is 9.56. The summed E-state index contributed by atoms with van der Waals surface area (Å²) in [5.74, 6) is 2.57. The number of hydrogen-bond donors (Lipinski definition) is 2. The lowest BCUT2D eigenvalue weighted by atomic mass is 10.2. The Bertz CT molecular complexity index is 414. The van der Waals surface area contributed by atoms with Crippen LogP contribution in [0.5, 0.6) is 0 Å². The van der Waals surface area contributed by atoms with Crippen molar-refractivity contribution in [3.63, 3.8) is 0 Å². The molecule has 5 heteroatoms. The van der Waals surface area contributed by atoms with Gasteiger partial charge in [0.25, 0.3) is 5.56 Å². The Labute approximate surface area is 92.7 Å². The van der Waals surface area contributed by atoms with E-state index in [1.807, 2.05) is 6.92 Å². The van der Waals surface area contributed by atoms with Gasteiger partial charge in [0.1, 0.15) is 5.82 Å². The van der Waals surface area contributed by atoms with Gasteiger partial charge in [0, 0.05) is 23.8 Å². The zero-order chi connectivity index (χ0) is 10.8. The van der Waals surface area contributed by atoms with Gasteiger partial charge < -0.3 is 10.7 Å². The molecule has 4 nitrogen and oxygen atoms in total. The van der Waals surface area contributed by atoms with Crippen molar-refractivity contribution in [1.82, 2.24) is 9.97 Å². The van der Waals surface area contributed by atoms with Crippen LogP contribution in [-0.4, -0.2) is 21.8 Å². The van der Waals surface area contributed by atoms with E-state index in [9.17, 15) is 4.79 Å². The van der Waals surface area contributed by atoms with E-state index >= 15 is 0 Å². The molecular weight excluding hydrogens is 210 g/mol. The molecule has 0 spiro atoms. The van der Waals surface area contributed by atoms with E-state index in [0.717, 1.165) is 35.0 Å². The first kappa shape index (κ1) is 10.7. The van der Waals surface area contributed by atoms with Crippen molar-refractivity contribution in [1.29, 1.82) is 0 Å². The van der Waals surface area contributed by atoms with Gasteiger partial charge in [-0.2, -0.15) is 11.8 Å². The van der Waals surface area contributed by atoms with Crippen LogP contribution in [0.2, 0.25) is 0 Å². The molecule has 1 atom stereocenters. The molecule has 82 valence electrons. The van der Waals surface area contributed by atoms with Crippen LogP contribution in [0.3, 0.4) is 0 Å². The van der Waals surface area contributed by atoms with Crippen molar-refractivity contribution in [2.24, 2.45) is 5.73 Å². The maximum Gasteiger partial charge on any atom is 0.255 e. The third-order valence-electron chi connectivity index (χ3n) is 2.40. The Hall–Kier alpha value is -0.810. The highest BCUT2D eigenvalue weighted by Crippen LogP contribution is 2.19. The van der Waals surface area contributed by atoms with E-state index in [1.165, 1.54) is 0 Å². The molecule has 1 unspecified atom stereocenters. The maximum atomic E-state index is 11.7. The summed E-state index contributed by atoms with van der Waals surface area (Å²) < 4.78 is 0. The van der Waals surface area contributed by atoms with E-state index in [2.05, 4.69) is 9.97 Å². The molecule has 0 aliphatic carbocycles. The summed E-state index contributed by atoms with van der Waals surface area (Å²) in [6.07, 6.45) is 1.53. The van der Waals surface area contributed by atoms with Crippen molar-refractivity contribution in [2.45, 2.75) is 31.6 Å². The van der Waals surface area contributed by atoms with Gasteiger partial charge in [-0.3, -0.25) is 4.79 Å². The molecular formula is C10H15N3OS. The van der Waals surface area contributed by atoms with Gasteiger partial charge in [-0.1, -0.05) is 0 Å². The molecule has 1 aromatic rings. The topological polar surface area (TPSA) is 71.8 Å². The first-order chi connectivity index (χ1) is 7.16. The number of nitrogens with one attached hydrogen (secondary N) is 1. The Balaban J connectivity index is 2.36. The van der Waals surface area contributed by atoms with Crippen molar-refractivity contribution in [3.8, 4) is 0 Å². The smallest absolute Gasteiger partial charge is 0.255 e. The number of nitrogens with two attached hydrogens (primary N) is 1. The SMILES string of the molecule is CC(N)Cc1nc2c(c(=O)[nH]1)CSCC2. The average Bonchev–Trinajstić information content (AvgIpc) is 2.16. The minimum Gasteiger partial charge on any atom is -0.328 e. The van der Waals surface area contributed by atoms with Gasteiger partial charge in [0.05, 0.1) is 5.69 Å². The quantitative estimate of drug-likeness (QED) is 0.766. The fourth-order valence-electron chi connectivity index (χ4n) is 1.70. The van der Waals surface area contributed by atoms with Crippen LogP contribution in [0.1, 0.15) is 24.0 Å². The van der Waals surface area contributed by atoms with Gasteiger partial charge in [-0.05, 0) is 19.1 Å². The number of aryl methyl sites for hydroxylation is 1. The lowest BCUT2D eigenvalue weighted by molar-refractivity contribution is 0.689. The molecule has 1 aromatic heterocycles. The minimum atomic E-state index is 0.0165. The first-order valence-electron chi connectivity index (χ1n) is 5.11. The molecule has 2 rings (SSSR count). The predicted molar refractivity (Wildman–Crippen MR) is 62.1 cm³/mol. The second kappa shape index (κ2) is 4.37. The van der Waals surface area contributed by atoms with Gasteiger partial charge in [0.15, 0.2) is 0 Å². The monoisotopic (exact) mass is 225 g/mol. The summed E-state index contributed by atoms with van der Waals surface area (Å²) in [6.45, 7) is 1.91. The summed E-state index contributed by atoms with van der Waals surface area (Å²) >= 11 is 1.79. The number of aromatic amines is 1. The lowest BCUT2D eigenvalue weighted by Gasteiger charge is -2.14. The molecule has 0 radical (unpaired) electrons. The van der Waals surface area contributed by atoms with Crippen molar-refractivity contribution >= 4 is 11.8 Å². The minimum absolute atomic E-state index is 0.0165. The van der Waals surface area contributed by atoms with Crippen LogP contribution in [0.15, 0.2) is 4.79 Å². The molecule has 3 N–H and O–H groups in total. The van der Waals surface area contributed by atoms with Crippen LogP contribution in [0, 0.1) is 0 Å². The van der Waals surface area contributed by atoms with Gasteiger partial charge in [0.2, 0.25) is 0 Å². The Kier molecular flexibility index (Phi) is 3.11. The molecule has 1 aliphatic rings. The van der Waals surface area contributed by atoms with E-state index < -0.39 is 0 Å². The molecule has 0 aromatic carbocycles. The van der Waals surface area contributed by atoms with E-state index in [1.54, 1.807) is 11.8 Å². The predicted octanol–water partition coefficient (Wildman–Crippen LogP) is 0.449. The number of rotatable bonds is 2. The van der Waals surface area contributed by atoms with Crippen molar-refractivity contribution in [2.75, 3.05) is 5.75 Å². The van der Waals surface area contributed by atoms with E-state index in [-0.39, 0.29) is 11.6 Å². The van der Waals surface area contributed by atoms with Gasteiger partial charge >= 0.3 is 0 Å². The van der Waals surface area contributed by atoms with Crippen LogP contribution >= 0.6 is 11.8 Å². The Morgan fingerprint density at radius 1 is 1.67 bits per heavy atom. The lowest BCUT2D eigenvalue weighted by Crippen LogP contribution is -2.26. The normalized spacial score (nSPS) is 17.2. The number of H-pyrrole nitrogens is 1. The second-order valence-corrected chi connectivity index (χ2v) is 5.03. The number of aromatic nitrogens is 2. The number of hydrogen-bond acceptors (Lipinski definition) is 4. The highest BCUT2D eigenvalue weighted by atomic mass is 32.2. The average molecular weight is 225 g/mol. The van der Waals surface area contributed by atoms with Crippen LogP contribution in [0.25, 0.3) is 0 Å². The molecule has 0 fully saturated rings. The number of nitrogens with zero attached hydrogens (tertiary/aromatic N) is 1. The van der Waals surface area contributed by atoms with Crippen LogP contribution in [0.4, 0.5) is 0 Å². The van der Waals surface area contributed by atoms with Crippen LogP contribution < -0.4 is 11.3 Å². The summed E-state index contributed by atoms with van der Waals surface area (Å²) in [7, 11) is 0. The number of thioether (sulfide) groups is 1. The molecule has 0 bridgehead atoms. The highest BCUT2D eigenvalue weighted by Gasteiger charge is 2.15. The van der Waals surface area contributed by atoms with Gasteiger partial charge in [-0.15, -0.1) is 0 Å².